The van der Waals surface area contributed by atoms with E-state index in [4.69, 9.17) is 9.47 Å². The zero-order valence-corrected chi connectivity index (χ0v) is 22.7. The molecule has 1 aliphatic carbocycles. The van der Waals surface area contributed by atoms with Gasteiger partial charge in [-0.05, 0) is 55.9 Å². The highest BCUT2D eigenvalue weighted by Crippen LogP contribution is 2.35. The first-order valence-corrected chi connectivity index (χ1v) is 13.6. The monoisotopic (exact) mass is 533 g/mol. The van der Waals surface area contributed by atoms with E-state index in [-0.39, 0.29) is 18.0 Å². The quantitative estimate of drug-likeness (QED) is 0.340. The minimum Gasteiger partial charge on any atom is -0.497 e. The molecule has 0 aliphatic heterocycles. The standard InChI is InChI=1S/C29H31N3O5S/c1-4-30(17-19-10-6-5-7-11-19)25(33)18-31-28-26(21-12-8-9-13-24(21)38-28)27(34)32(29(31)35)22-15-14-20(36-2)16-23(22)37-3/h5-7,10-11,14-16H,4,8-9,12-13,17-18H2,1-3H3. The van der Waals surface area contributed by atoms with Gasteiger partial charge in [-0.1, -0.05) is 30.3 Å². The van der Waals surface area contributed by atoms with Gasteiger partial charge in [-0.2, -0.15) is 0 Å². The van der Waals surface area contributed by atoms with Crippen LogP contribution in [0, 0.1) is 0 Å². The maximum absolute atomic E-state index is 14.0. The van der Waals surface area contributed by atoms with Crippen LogP contribution in [0.25, 0.3) is 15.9 Å². The van der Waals surface area contributed by atoms with Gasteiger partial charge >= 0.3 is 5.69 Å². The summed E-state index contributed by atoms with van der Waals surface area (Å²) >= 11 is 1.47. The van der Waals surface area contributed by atoms with E-state index >= 15 is 0 Å². The lowest BCUT2D eigenvalue weighted by Gasteiger charge is -2.22. The van der Waals surface area contributed by atoms with Crippen molar-refractivity contribution in [2.45, 2.75) is 45.7 Å². The summed E-state index contributed by atoms with van der Waals surface area (Å²) in [6, 6.07) is 14.7. The van der Waals surface area contributed by atoms with Gasteiger partial charge in [-0.25, -0.2) is 9.36 Å². The van der Waals surface area contributed by atoms with Crippen LogP contribution in [0.5, 0.6) is 11.5 Å². The number of thiophene rings is 1. The molecule has 0 atom stereocenters. The summed E-state index contributed by atoms with van der Waals surface area (Å²) in [5.41, 5.74) is 1.39. The Bertz CT molecular complexity index is 1600. The molecular weight excluding hydrogens is 502 g/mol. The van der Waals surface area contributed by atoms with Crippen LogP contribution in [-0.2, 0) is 30.7 Å². The van der Waals surface area contributed by atoms with Crippen LogP contribution >= 0.6 is 11.3 Å². The van der Waals surface area contributed by atoms with Gasteiger partial charge in [0.1, 0.15) is 22.9 Å². The van der Waals surface area contributed by atoms with Crippen LogP contribution in [0.4, 0.5) is 0 Å². The SMILES string of the molecule is CCN(Cc1ccccc1)C(=O)Cn1c(=O)n(-c2ccc(OC)cc2OC)c(=O)c2c3c(sc21)CCCC3. The van der Waals surface area contributed by atoms with Gasteiger partial charge in [-0.15, -0.1) is 11.3 Å². The number of likely N-dealkylation sites (N-methyl/N-ethyl adjacent to an activating group) is 1. The Hall–Kier alpha value is -3.85. The van der Waals surface area contributed by atoms with Gasteiger partial charge in [0, 0.05) is 24.0 Å². The summed E-state index contributed by atoms with van der Waals surface area (Å²) < 4.78 is 13.5. The Balaban J connectivity index is 1.68. The van der Waals surface area contributed by atoms with Crippen LogP contribution in [0.3, 0.4) is 0 Å². The average molecular weight is 534 g/mol. The van der Waals surface area contributed by atoms with Crippen molar-refractivity contribution >= 4 is 27.5 Å². The van der Waals surface area contributed by atoms with Crippen LogP contribution in [0.15, 0.2) is 58.1 Å². The molecule has 1 aliphatic rings. The topological polar surface area (TPSA) is 82.8 Å². The number of hydrogen-bond acceptors (Lipinski definition) is 6. The van der Waals surface area contributed by atoms with Crippen molar-refractivity contribution in [3.05, 3.63) is 85.4 Å². The minimum atomic E-state index is -0.561. The summed E-state index contributed by atoms with van der Waals surface area (Å²) in [5, 5.41) is 0.529. The fraction of sp³-hybridized carbons (Fsp3) is 0.345. The average Bonchev–Trinajstić information content (AvgIpc) is 3.34. The number of nitrogens with zero attached hydrogens (tertiary/aromatic N) is 3. The molecule has 0 radical (unpaired) electrons. The van der Waals surface area contributed by atoms with E-state index in [9.17, 15) is 14.4 Å². The van der Waals surface area contributed by atoms with Crippen molar-refractivity contribution in [1.82, 2.24) is 14.0 Å². The van der Waals surface area contributed by atoms with Gasteiger partial charge in [0.2, 0.25) is 5.91 Å². The highest BCUT2D eigenvalue weighted by molar-refractivity contribution is 7.18. The number of aryl methyl sites for hydroxylation is 2. The first-order chi connectivity index (χ1) is 18.5. The second kappa shape index (κ2) is 10.9. The summed E-state index contributed by atoms with van der Waals surface area (Å²) in [6.45, 7) is 2.71. The molecule has 198 valence electrons. The minimum absolute atomic E-state index is 0.159. The molecule has 1 amide bonds. The van der Waals surface area contributed by atoms with Crippen LogP contribution in [0.1, 0.15) is 35.8 Å². The van der Waals surface area contributed by atoms with Crippen molar-refractivity contribution in [3.8, 4) is 17.2 Å². The number of hydrogen-bond donors (Lipinski definition) is 0. The van der Waals surface area contributed by atoms with Crippen LogP contribution in [-0.4, -0.2) is 40.7 Å². The molecule has 38 heavy (non-hydrogen) atoms. The zero-order valence-electron chi connectivity index (χ0n) is 21.9. The van der Waals surface area contributed by atoms with E-state index in [1.54, 1.807) is 23.1 Å². The number of fused-ring (bicyclic) bond motifs is 3. The number of amides is 1. The third kappa shape index (κ3) is 4.62. The zero-order chi connectivity index (χ0) is 26.8. The molecule has 0 bridgehead atoms. The lowest BCUT2D eigenvalue weighted by atomic mass is 9.97. The van der Waals surface area contributed by atoms with Crippen molar-refractivity contribution in [1.29, 1.82) is 0 Å². The fourth-order valence-electron chi connectivity index (χ4n) is 5.11. The lowest BCUT2D eigenvalue weighted by molar-refractivity contribution is -0.132. The Morgan fingerprint density at radius 3 is 2.50 bits per heavy atom. The summed E-state index contributed by atoms with van der Waals surface area (Å²) in [5.74, 6) is 0.699. The Morgan fingerprint density at radius 2 is 1.79 bits per heavy atom. The molecule has 0 unspecified atom stereocenters. The van der Waals surface area contributed by atoms with Crippen LogP contribution < -0.4 is 20.7 Å². The Kier molecular flexibility index (Phi) is 7.37. The van der Waals surface area contributed by atoms with Gasteiger partial charge in [-0.3, -0.25) is 14.2 Å². The molecule has 0 spiro atoms. The second-order valence-electron chi connectivity index (χ2n) is 9.33. The van der Waals surface area contributed by atoms with Crippen molar-refractivity contribution in [2.75, 3.05) is 20.8 Å². The third-order valence-electron chi connectivity index (χ3n) is 7.11. The number of carbonyl (C=O) groups is 1. The predicted molar refractivity (Wildman–Crippen MR) is 149 cm³/mol. The summed E-state index contributed by atoms with van der Waals surface area (Å²) in [6.07, 6.45) is 3.69. The van der Waals surface area contributed by atoms with Gasteiger partial charge in [0.25, 0.3) is 5.56 Å². The van der Waals surface area contributed by atoms with E-state index < -0.39 is 5.69 Å². The number of rotatable bonds is 8. The molecule has 5 rings (SSSR count). The number of ether oxygens (including phenoxy) is 2. The summed E-state index contributed by atoms with van der Waals surface area (Å²) in [4.78, 5) is 45.0. The number of benzene rings is 2. The maximum Gasteiger partial charge on any atom is 0.337 e. The predicted octanol–water partition coefficient (Wildman–Crippen LogP) is 4.16. The molecule has 4 aromatic rings. The molecular formula is C29H31N3O5S. The molecule has 0 N–H and O–H groups in total. The molecule has 2 heterocycles. The molecule has 0 fully saturated rings. The largest absolute Gasteiger partial charge is 0.497 e. The Morgan fingerprint density at radius 1 is 1.03 bits per heavy atom. The highest BCUT2D eigenvalue weighted by Gasteiger charge is 2.27. The Labute approximate surface area is 224 Å². The number of methoxy groups -OCH3 is 2. The van der Waals surface area contributed by atoms with E-state index in [1.165, 1.54) is 30.1 Å². The maximum atomic E-state index is 14.0. The third-order valence-corrected chi connectivity index (χ3v) is 8.42. The smallest absolute Gasteiger partial charge is 0.337 e. The number of aromatic nitrogens is 2. The first-order valence-electron chi connectivity index (χ1n) is 12.8. The molecule has 8 nitrogen and oxygen atoms in total. The van der Waals surface area contributed by atoms with E-state index in [0.29, 0.717) is 40.5 Å². The molecule has 2 aromatic heterocycles. The summed E-state index contributed by atoms with van der Waals surface area (Å²) in [7, 11) is 3.02. The van der Waals surface area contributed by atoms with Gasteiger partial charge in [0.15, 0.2) is 0 Å². The van der Waals surface area contributed by atoms with Gasteiger partial charge in [0.05, 0.1) is 25.3 Å². The molecule has 2 aromatic carbocycles. The molecule has 0 saturated carbocycles. The van der Waals surface area contributed by atoms with Crippen LogP contribution in [0.2, 0.25) is 0 Å². The van der Waals surface area contributed by atoms with Gasteiger partial charge < -0.3 is 14.4 Å². The molecule has 0 saturated heterocycles. The second-order valence-corrected chi connectivity index (χ2v) is 10.4. The normalized spacial score (nSPS) is 12.8. The highest BCUT2D eigenvalue weighted by atomic mass is 32.1. The van der Waals surface area contributed by atoms with Crippen molar-refractivity contribution in [3.63, 3.8) is 0 Å². The van der Waals surface area contributed by atoms with Crippen molar-refractivity contribution in [2.24, 2.45) is 0 Å². The van der Waals surface area contributed by atoms with E-state index in [2.05, 4.69) is 0 Å². The number of carbonyl (C=O) groups excluding carboxylic acids is 1. The molecule has 9 heteroatoms. The van der Waals surface area contributed by atoms with E-state index in [1.807, 2.05) is 37.3 Å². The first kappa shape index (κ1) is 25.8. The van der Waals surface area contributed by atoms with Crippen molar-refractivity contribution < 1.29 is 14.3 Å². The lowest BCUT2D eigenvalue weighted by Crippen LogP contribution is -2.42. The van der Waals surface area contributed by atoms with E-state index in [0.717, 1.165) is 46.3 Å². The fourth-order valence-corrected chi connectivity index (χ4v) is 6.48.